The molecule has 0 atom stereocenters. The van der Waals surface area contributed by atoms with Gasteiger partial charge < -0.3 is 41.0 Å². The van der Waals surface area contributed by atoms with E-state index in [0.29, 0.717) is 24.7 Å². The number of hydrogen-bond donors (Lipinski definition) is 2. The topological polar surface area (TPSA) is 125 Å². The molecule has 4 aromatic rings. The summed E-state index contributed by atoms with van der Waals surface area (Å²) >= 11 is 0. The van der Waals surface area contributed by atoms with Crippen LogP contribution in [0.25, 0.3) is 33.4 Å². The molecule has 0 aliphatic heterocycles. The van der Waals surface area contributed by atoms with E-state index in [-0.39, 0.29) is 42.9 Å². The third-order valence-corrected chi connectivity index (χ3v) is 7.04. The van der Waals surface area contributed by atoms with Gasteiger partial charge in [-0.2, -0.15) is 0 Å². The number of carbonyl (C=O) groups is 1. The molecule has 0 spiro atoms. The first kappa shape index (κ1) is 29.3. The number of ether oxygens (including phenoxy) is 1. The highest BCUT2D eigenvalue weighted by Gasteiger charge is 2.38. The number of methoxy groups -OCH3 is 1. The Hall–Kier alpha value is -3.30. The van der Waals surface area contributed by atoms with E-state index in [1.807, 2.05) is 29.3 Å². The van der Waals surface area contributed by atoms with Gasteiger partial charge in [-0.1, -0.05) is 59.6 Å². The molecule has 8 nitrogen and oxygen atoms in total. The summed E-state index contributed by atoms with van der Waals surface area (Å²) in [5, 5.41) is 0.886. The summed E-state index contributed by atoms with van der Waals surface area (Å²) < 4.78 is 4.86. The van der Waals surface area contributed by atoms with E-state index in [0.717, 1.165) is 40.6 Å². The fraction of sp³-hybridized carbons (Fsp3) is 0.286. The van der Waals surface area contributed by atoms with E-state index >= 15 is 0 Å². The first-order chi connectivity index (χ1) is 17.5. The van der Waals surface area contributed by atoms with Gasteiger partial charge in [-0.15, -0.1) is 0 Å². The second-order valence-electron chi connectivity index (χ2n) is 9.45. The van der Waals surface area contributed by atoms with Crippen molar-refractivity contribution in [1.82, 2.24) is 9.97 Å². The first-order valence-electron chi connectivity index (χ1n) is 12.4. The minimum atomic E-state index is -0.332. The molecule has 1 aliphatic carbocycles. The van der Waals surface area contributed by atoms with Gasteiger partial charge in [0, 0.05) is 29.5 Å². The minimum absolute atomic E-state index is 0. The number of halogens is 2. The van der Waals surface area contributed by atoms with Crippen molar-refractivity contribution in [3.05, 3.63) is 72.4 Å². The largest absolute Gasteiger partial charge is 1.00 e. The third kappa shape index (κ3) is 5.89. The van der Waals surface area contributed by atoms with Gasteiger partial charge in [0.2, 0.25) is 5.65 Å². The Labute approximate surface area is 234 Å². The molecular weight excluding hydrogens is 523 g/mol. The van der Waals surface area contributed by atoms with E-state index in [4.69, 9.17) is 14.7 Å². The van der Waals surface area contributed by atoms with Crippen LogP contribution in [-0.2, 0) is 15.1 Å². The quantitative estimate of drug-likeness (QED) is 0.212. The predicted molar refractivity (Wildman–Crippen MR) is 137 cm³/mol. The highest BCUT2D eigenvalue weighted by molar-refractivity contribution is 5.90. The van der Waals surface area contributed by atoms with E-state index in [1.165, 1.54) is 19.1 Å². The van der Waals surface area contributed by atoms with Crippen LogP contribution < -0.4 is 46.2 Å². The standard InChI is InChI=1S/C28H30N6O2.2ClH/c1-36-24(35)18-34(15-14-29)27-31-17-21-16-23(19-6-3-2-4-7-19)25(32-26(21)33-27)20-8-10-22(11-9-20)28(30)12-5-13-28;;/h2-4,6-11,16-17H,5,12-15,18,29-30H2,1H3;2*1H/p+1. The zero-order valence-electron chi connectivity index (χ0n) is 21.4. The lowest BCUT2D eigenvalue weighted by molar-refractivity contribution is -0.509. The van der Waals surface area contributed by atoms with Crippen LogP contribution in [0.5, 0.6) is 0 Å². The van der Waals surface area contributed by atoms with Crippen LogP contribution in [0.4, 0.5) is 5.95 Å². The Bertz CT molecular complexity index is 1380. The number of carbonyl (C=O) groups excluding carboxylic acids is 1. The van der Waals surface area contributed by atoms with Gasteiger partial charge in [0.15, 0.2) is 6.54 Å². The molecule has 2 aromatic heterocycles. The van der Waals surface area contributed by atoms with Crippen molar-refractivity contribution in [2.75, 3.05) is 31.6 Å². The van der Waals surface area contributed by atoms with Crippen molar-refractivity contribution in [2.45, 2.75) is 24.8 Å². The molecule has 5 rings (SSSR count). The average molecular weight is 557 g/mol. The Balaban J connectivity index is 0.00000200. The number of H-pyrrole nitrogens is 1. The predicted octanol–water partition coefficient (Wildman–Crippen LogP) is -4.37. The van der Waals surface area contributed by atoms with E-state index in [9.17, 15) is 4.79 Å². The molecule has 7 N–H and O–H groups in total. The van der Waals surface area contributed by atoms with Gasteiger partial charge in [-0.3, -0.25) is 0 Å². The molecule has 0 radical (unpaired) electrons. The molecule has 0 unspecified atom stereocenters. The second kappa shape index (κ2) is 12.5. The lowest BCUT2D eigenvalue weighted by Crippen LogP contribution is -3.00. The van der Waals surface area contributed by atoms with Crippen molar-refractivity contribution < 1.29 is 50.8 Å². The van der Waals surface area contributed by atoms with Crippen molar-refractivity contribution in [2.24, 2.45) is 0 Å². The van der Waals surface area contributed by atoms with Crippen LogP contribution >= 0.6 is 0 Å². The summed E-state index contributed by atoms with van der Waals surface area (Å²) in [5.41, 5.74) is 14.3. The highest BCUT2D eigenvalue weighted by atomic mass is 35.5. The summed E-state index contributed by atoms with van der Waals surface area (Å²) in [6.07, 6.45) is 5.39. The molecule has 0 bridgehead atoms. The highest BCUT2D eigenvalue weighted by Crippen LogP contribution is 2.38. The maximum Gasteiger partial charge on any atom is 0.394 e. The van der Waals surface area contributed by atoms with Crippen molar-refractivity contribution >= 4 is 23.0 Å². The number of aromatic nitrogens is 3. The first-order valence-corrected chi connectivity index (χ1v) is 12.4. The number of pyridine rings is 1. The number of nitrogens with zero attached hydrogens (tertiary/aromatic N) is 3. The van der Waals surface area contributed by atoms with Gasteiger partial charge in [0.05, 0.1) is 24.4 Å². The van der Waals surface area contributed by atoms with Crippen LogP contribution in [0.1, 0.15) is 24.8 Å². The van der Waals surface area contributed by atoms with E-state index in [2.05, 4.69) is 58.9 Å². The lowest BCUT2D eigenvalue weighted by Gasteiger charge is -2.34. The minimum Gasteiger partial charge on any atom is -1.00 e. The number of fused-ring (bicyclic) bond motifs is 1. The normalized spacial score (nSPS) is 13.6. The Morgan fingerprint density at radius 3 is 2.37 bits per heavy atom. The summed E-state index contributed by atoms with van der Waals surface area (Å²) in [6.45, 7) is 1.27. The average Bonchev–Trinajstić information content (AvgIpc) is 2.91. The van der Waals surface area contributed by atoms with Crippen LogP contribution in [0.2, 0.25) is 0 Å². The maximum absolute atomic E-state index is 12.0. The fourth-order valence-corrected chi connectivity index (χ4v) is 4.75. The molecule has 10 heteroatoms. The molecule has 1 saturated carbocycles. The van der Waals surface area contributed by atoms with Crippen molar-refractivity contribution in [3.63, 3.8) is 0 Å². The SMILES string of the molecule is COC(=O)CN(CC[NH3+])c1nc2nc(-c3ccc(C4([NH3+])CCC4)cc3)c(-c3ccccc3)cc2c[nH+]1.[Cl-].[Cl-]. The van der Waals surface area contributed by atoms with E-state index < -0.39 is 0 Å². The number of benzene rings is 2. The smallest absolute Gasteiger partial charge is 0.394 e. The Kier molecular flexibility index (Phi) is 9.62. The number of quaternary nitrogens is 2. The van der Waals surface area contributed by atoms with Gasteiger partial charge >= 0.3 is 11.9 Å². The fourth-order valence-electron chi connectivity index (χ4n) is 4.75. The van der Waals surface area contributed by atoms with Crippen LogP contribution in [0.3, 0.4) is 0 Å². The van der Waals surface area contributed by atoms with E-state index in [1.54, 1.807) is 0 Å². The Morgan fingerprint density at radius 1 is 1.05 bits per heavy atom. The van der Waals surface area contributed by atoms with Crippen LogP contribution in [0, 0.1) is 0 Å². The lowest BCUT2D eigenvalue weighted by atomic mass is 9.72. The maximum atomic E-state index is 12.0. The van der Waals surface area contributed by atoms with Crippen LogP contribution in [0.15, 0.2) is 66.9 Å². The summed E-state index contributed by atoms with van der Waals surface area (Å²) in [5.74, 6) is 0.225. The number of anilines is 1. The van der Waals surface area contributed by atoms with Gasteiger partial charge in [-0.05, 0) is 18.1 Å². The zero-order chi connectivity index (χ0) is 25.1. The summed E-state index contributed by atoms with van der Waals surface area (Å²) in [7, 11) is 1.38. The molecule has 2 aromatic carbocycles. The zero-order valence-corrected chi connectivity index (χ0v) is 22.9. The monoisotopic (exact) mass is 555 g/mol. The molecule has 200 valence electrons. The number of hydrogen-bond acceptors (Lipinski definition) is 5. The Morgan fingerprint density at radius 2 is 1.76 bits per heavy atom. The number of esters is 1. The van der Waals surface area contributed by atoms with Crippen molar-refractivity contribution in [1.29, 1.82) is 0 Å². The number of rotatable bonds is 8. The van der Waals surface area contributed by atoms with Gasteiger partial charge in [0.25, 0.3) is 0 Å². The number of aromatic amines is 1. The number of nitrogens with one attached hydrogen (secondary N) is 1. The molecule has 38 heavy (non-hydrogen) atoms. The summed E-state index contributed by atoms with van der Waals surface area (Å²) in [4.78, 5) is 26.9. The second-order valence-corrected chi connectivity index (χ2v) is 9.45. The molecule has 2 heterocycles. The van der Waals surface area contributed by atoms with Crippen molar-refractivity contribution in [3.8, 4) is 22.4 Å². The molecule has 0 saturated heterocycles. The molecule has 1 fully saturated rings. The van der Waals surface area contributed by atoms with Gasteiger partial charge in [0.1, 0.15) is 18.6 Å². The summed E-state index contributed by atoms with van der Waals surface area (Å²) in [6, 6.07) is 21.0. The molecule has 1 aliphatic rings. The van der Waals surface area contributed by atoms with Gasteiger partial charge in [-0.25, -0.2) is 19.7 Å². The van der Waals surface area contributed by atoms with Crippen LogP contribution in [-0.4, -0.2) is 42.7 Å². The molecule has 0 amide bonds. The third-order valence-electron chi connectivity index (χ3n) is 7.04. The molecular formula is C28H33Cl2N6O2+.